The van der Waals surface area contributed by atoms with E-state index >= 15 is 0 Å². The van der Waals surface area contributed by atoms with Crippen LogP contribution in [0.1, 0.15) is 21.5 Å². The normalized spacial score (nSPS) is 10.7. The van der Waals surface area contributed by atoms with Crippen molar-refractivity contribution in [2.24, 2.45) is 0 Å². The predicted molar refractivity (Wildman–Crippen MR) is 111 cm³/mol. The van der Waals surface area contributed by atoms with Crippen molar-refractivity contribution in [3.8, 4) is 11.3 Å². The monoisotopic (exact) mass is 352 g/mol. The molecule has 0 atom stereocenters. The van der Waals surface area contributed by atoms with E-state index in [0.29, 0.717) is 5.56 Å². The van der Waals surface area contributed by atoms with Gasteiger partial charge < -0.3 is 5.32 Å². The number of nitrogens with one attached hydrogen (secondary N) is 1. The number of hydrogen-bond donors (Lipinski definition) is 1. The van der Waals surface area contributed by atoms with E-state index in [1.807, 2.05) is 60.7 Å². The third-order valence-electron chi connectivity index (χ3n) is 4.65. The first-order chi connectivity index (χ1) is 13.1. The first-order valence-electron chi connectivity index (χ1n) is 8.95. The number of benzene rings is 3. The number of amides is 1. The molecule has 0 aliphatic heterocycles. The van der Waals surface area contributed by atoms with Crippen LogP contribution in [0.15, 0.2) is 78.9 Å². The number of rotatable bonds is 3. The Bertz CT molecular complexity index is 1130. The first kappa shape index (κ1) is 17.0. The molecule has 4 aromatic rings. The number of anilines is 1. The summed E-state index contributed by atoms with van der Waals surface area (Å²) < 4.78 is 0. The van der Waals surface area contributed by atoms with E-state index in [4.69, 9.17) is 4.98 Å². The highest BCUT2D eigenvalue weighted by atomic mass is 16.1. The molecule has 0 saturated heterocycles. The van der Waals surface area contributed by atoms with Crippen molar-refractivity contribution in [2.45, 2.75) is 13.8 Å². The number of hydrogen-bond acceptors (Lipinski definition) is 2. The molecule has 4 rings (SSSR count). The minimum Gasteiger partial charge on any atom is -0.322 e. The van der Waals surface area contributed by atoms with Crippen molar-refractivity contribution in [3.05, 3.63) is 95.6 Å². The van der Waals surface area contributed by atoms with Crippen molar-refractivity contribution in [2.75, 3.05) is 5.32 Å². The molecule has 3 heteroatoms. The average molecular weight is 352 g/mol. The van der Waals surface area contributed by atoms with Crippen molar-refractivity contribution in [1.29, 1.82) is 0 Å². The van der Waals surface area contributed by atoms with E-state index in [1.165, 1.54) is 5.56 Å². The maximum atomic E-state index is 13.0. The van der Waals surface area contributed by atoms with E-state index < -0.39 is 0 Å². The molecule has 3 nitrogen and oxygen atoms in total. The standard InChI is InChI=1S/C24H20N2O/c1-16-12-13-19(17(2)14-16)23-15-21(20-10-6-7-11-22(20)26-23)24(27)25-18-8-4-3-5-9-18/h3-15H,1-2H3,(H,25,27). The van der Waals surface area contributed by atoms with Crippen LogP contribution < -0.4 is 5.32 Å². The van der Waals surface area contributed by atoms with Crippen LogP contribution in [0.4, 0.5) is 5.69 Å². The van der Waals surface area contributed by atoms with E-state index in [-0.39, 0.29) is 5.91 Å². The minimum absolute atomic E-state index is 0.134. The molecule has 0 unspecified atom stereocenters. The predicted octanol–water partition coefficient (Wildman–Crippen LogP) is 5.77. The molecule has 132 valence electrons. The fraction of sp³-hybridized carbons (Fsp3) is 0.0833. The Labute approximate surface area is 158 Å². The fourth-order valence-corrected chi connectivity index (χ4v) is 3.32. The van der Waals surface area contributed by atoms with Crippen LogP contribution in [0.2, 0.25) is 0 Å². The summed E-state index contributed by atoms with van der Waals surface area (Å²) >= 11 is 0. The van der Waals surface area contributed by atoms with E-state index in [2.05, 4.69) is 37.4 Å². The second kappa shape index (κ2) is 7.04. The number of carbonyl (C=O) groups excluding carboxylic acids is 1. The quantitative estimate of drug-likeness (QED) is 0.508. The minimum atomic E-state index is -0.134. The summed E-state index contributed by atoms with van der Waals surface area (Å²) in [5.41, 5.74) is 6.42. The smallest absolute Gasteiger partial charge is 0.256 e. The second-order valence-electron chi connectivity index (χ2n) is 6.71. The van der Waals surface area contributed by atoms with Crippen LogP contribution >= 0.6 is 0 Å². The van der Waals surface area contributed by atoms with Gasteiger partial charge in [-0.05, 0) is 43.7 Å². The highest BCUT2D eigenvalue weighted by Crippen LogP contribution is 2.28. The van der Waals surface area contributed by atoms with Gasteiger partial charge >= 0.3 is 0 Å². The Morgan fingerprint density at radius 2 is 1.59 bits per heavy atom. The van der Waals surface area contributed by atoms with Crippen molar-refractivity contribution in [1.82, 2.24) is 4.98 Å². The van der Waals surface area contributed by atoms with Gasteiger partial charge in [-0.3, -0.25) is 4.79 Å². The molecule has 0 aliphatic carbocycles. The van der Waals surface area contributed by atoms with Gasteiger partial charge in [0.15, 0.2) is 0 Å². The van der Waals surface area contributed by atoms with Gasteiger partial charge in [-0.15, -0.1) is 0 Å². The largest absolute Gasteiger partial charge is 0.322 e. The van der Waals surface area contributed by atoms with Crippen LogP contribution in [-0.4, -0.2) is 10.9 Å². The van der Waals surface area contributed by atoms with E-state index in [9.17, 15) is 4.79 Å². The van der Waals surface area contributed by atoms with E-state index in [0.717, 1.165) is 33.4 Å². The summed E-state index contributed by atoms with van der Waals surface area (Å²) in [5.74, 6) is -0.134. The van der Waals surface area contributed by atoms with Crippen LogP contribution in [0.5, 0.6) is 0 Å². The molecule has 0 saturated carbocycles. The highest BCUT2D eigenvalue weighted by molar-refractivity contribution is 6.13. The third-order valence-corrected chi connectivity index (χ3v) is 4.65. The number of aromatic nitrogens is 1. The summed E-state index contributed by atoms with van der Waals surface area (Å²) in [4.78, 5) is 17.8. The third kappa shape index (κ3) is 3.44. The summed E-state index contributed by atoms with van der Waals surface area (Å²) in [7, 11) is 0. The van der Waals surface area contributed by atoms with Crippen LogP contribution in [-0.2, 0) is 0 Å². The topological polar surface area (TPSA) is 42.0 Å². The van der Waals surface area contributed by atoms with Gasteiger partial charge in [0.05, 0.1) is 16.8 Å². The molecule has 0 radical (unpaired) electrons. The number of fused-ring (bicyclic) bond motifs is 1. The lowest BCUT2D eigenvalue weighted by Gasteiger charge is -2.12. The molecular weight excluding hydrogens is 332 g/mol. The van der Waals surface area contributed by atoms with Gasteiger partial charge in [0.25, 0.3) is 5.91 Å². The Morgan fingerprint density at radius 3 is 2.37 bits per heavy atom. The average Bonchev–Trinajstić information content (AvgIpc) is 2.68. The lowest BCUT2D eigenvalue weighted by Crippen LogP contribution is -2.13. The molecule has 0 aliphatic rings. The second-order valence-corrected chi connectivity index (χ2v) is 6.71. The molecule has 1 heterocycles. The molecule has 1 N–H and O–H groups in total. The van der Waals surface area contributed by atoms with Crippen molar-refractivity contribution in [3.63, 3.8) is 0 Å². The highest BCUT2D eigenvalue weighted by Gasteiger charge is 2.15. The Morgan fingerprint density at radius 1 is 0.852 bits per heavy atom. The van der Waals surface area contributed by atoms with Gasteiger partial charge in [0.1, 0.15) is 0 Å². The molecule has 0 spiro atoms. The SMILES string of the molecule is Cc1ccc(-c2cc(C(=O)Nc3ccccc3)c3ccccc3n2)c(C)c1. The molecule has 0 bridgehead atoms. The van der Waals surface area contributed by atoms with Crippen LogP contribution in [0.3, 0.4) is 0 Å². The number of nitrogens with zero attached hydrogens (tertiary/aromatic N) is 1. The van der Waals surface area contributed by atoms with Crippen LogP contribution in [0, 0.1) is 13.8 Å². The van der Waals surface area contributed by atoms with Gasteiger partial charge in [-0.25, -0.2) is 4.98 Å². The zero-order valence-corrected chi connectivity index (χ0v) is 15.4. The lowest BCUT2D eigenvalue weighted by atomic mass is 9.99. The maximum Gasteiger partial charge on any atom is 0.256 e. The number of carbonyl (C=O) groups is 1. The Balaban J connectivity index is 1.85. The first-order valence-corrected chi connectivity index (χ1v) is 8.95. The van der Waals surface area contributed by atoms with Gasteiger partial charge in [-0.2, -0.15) is 0 Å². The zero-order chi connectivity index (χ0) is 18.8. The fourth-order valence-electron chi connectivity index (χ4n) is 3.32. The maximum absolute atomic E-state index is 13.0. The zero-order valence-electron chi connectivity index (χ0n) is 15.4. The molecule has 1 amide bonds. The van der Waals surface area contributed by atoms with Crippen molar-refractivity contribution >= 4 is 22.5 Å². The Hall–Kier alpha value is -3.46. The summed E-state index contributed by atoms with van der Waals surface area (Å²) in [5, 5.41) is 3.83. The lowest BCUT2D eigenvalue weighted by molar-refractivity contribution is 0.102. The van der Waals surface area contributed by atoms with Gasteiger partial charge in [0.2, 0.25) is 0 Å². The molecule has 27 heavy (non-hydrogen) atoms. The summed E-state index contributed by atoms with van der Waals surface area (Å²) in [6.07, 6.45) is 0. The molecule has 3 aromatic carbocycles. The Kier molecular flexibility index (Phi) is 4.43. The summed E-state index contributed by atoms with van der Waals surface area (Å²) in [6.45, 7) is 4.15. The summed E-state index contributed by atoms with van der Waals surface area (Å²) in [6, 6.07) is 25.4. The molecular formula is C24H20N2O. The van der Waals surface area contributed by atoms with Crippen molar-refractivity contribution < 1.29 is 4.79 Å². The molecule has 0 fully saturated rings. The number of para-hydroxylation sites is 2. The van der Waals surface area contributed by atoms with Crippen LogP contribution in [0.25, 0.3) is 22.2 Å². The number of aryl methyl sites for hydroxylation is 2. The van der Waals surface area contributed by atoms with Gasteiger partial charge in [0, 0.05) is 16.6 Å². The number of pyridine rings is 1. The van der Waals surface area contributed by atoms with Gasteiger partial charge in [-0.1, -0.05) is 60.2 Å². The van der Waals surface area contributed by atoms with E-state index in [1.54, 1.807) is 0 Å². The molecule has 1 aromatic heterocycles.